The van der Waals surface area contributed by atoms with Crippen molar-refractivity contribution in [3.05, 3.63) is 29.8 Å². The van der Waals surface area contributed by atoms with Gasteiger partial charge in [-0.3, -0.25) is 9.59 Å². The molecule has 0 aromatic heterocycles. The lowest BCUT2D eigenvalue weighted by Gasteiger charge is -2.34. The molecule has 2 saturated heterocycles. The summed E-state index contributed by atoms with van der Waals surface area (Å²) < 4.78 is 10.8. The lowest BCUT2D eigenvalue weighted by atomic mass is 9.91. The predicted molar refractivity (Wildman–Crippen MR) is 105 cm³/mol. The second-order valence-electron chi connectivity index (χ2n) is 6.77. The number of halogens is 1. The van der Waals surface area contributed by atoms with E-state index in [-0.39, 0.29) is 24.2 Å². The van der Waals surface area contributed by atoms with Gasteiger partial charge in [-0.25, -0.2) is 0 Å². The maximum atomic E-state index is 12.7. The van der Waals surface area contributed by atoms with Crippen LogP contribution in [0.3, 0.4) is 0 Å². The number of nitrogens with zero attached hydrogens (tertiary/aromatic N) is 1. The third kappa shape index (κ3) is 5.42. The normalized spacial score (nSPS) is 19.1. The summed E-state index contributed by atoms with van der Waals surface area (Å²) in [6, 6.07) is 7.44. The summed E-state index contributed by atoms with van der Waals surface area (Å²) in [5.74, 6) is -0.00299. The molecule has 0 atom stereocenters. The minimum Gasteiger partial charge on any atom is -0.378 e. The fourth-order valence-electron chi connectivity index (χ4n) is 3.40. The van der Waals surface area contributed by atoms with E-state index >= 15 is 0 Å². The summed E-state index contributed by atoms with van der Waals surface area (Å²) >= 11 is 0. The van der Waals surface area contributed by atoms with Crippen molar-refractivity contribution >= 4 is 29.9 Å². The van der Waals surface area contributed by atoms with Crippen LogP contribution >= 0.6 is 12.4 Å². The fraction of sp³-hybridized carbons (Fsp3) is 0.579. The molecule has 2 fully saturated rings. The lowest BCUT2D eigenvalue weighted by Crippen LogP contribution is -2.51. The number of hydrogen-bond acceptors (Lipinski definition) is 5. The molecule has 2 amide bonds. The monoisotopic (exact) mass is 397 g/mol. The standard InChI is InChI=1S/C19H27N3O4.ClH/c1-25-19(6-8-20-9-7-19)18(24)21-16-4-2-15(3-5-16)14-17(23)22-10-12-26-13-11-22;/h2-5,20H,6-14H2,1H3,(H,21,24);1H. The molecular weight excluding hydrogens is 370 g/mol. The van der Waals surface area contributed by atoms with Crippen molar-refractivity contribution in [2.75, 3.05) is 51.8 Å². The van der Waals surface area contributed by atoms with Gasteiger partial charge >= 0.3 is 0 Å². The van der Waals surface area contributed by atoms with E-state index in [0.717, 1.165) is 18.7 Å². The van der Waals surface area contributed by atoms with Crippen molar-refractivity contribution in [2.45, 2.75) is 24.9 Å². The summed E-state index contributed by atoms with van der Waals surface area (Å²) in [5.41, 5.74) is 0.881. The zero-order chi connectivity index (χ0) is 18.4. The van der Waals surface area contributed by atoms with Crippen LogP contribution in [0.2, 0.25) is 0 Å². The molecule has 1 aromatic rings. The molecule has 2 aliphatic heterocycles. The summed E-state index contributed by atoms with van der Waals surface area (Å²) in [5, 5.41) is 6.19. The van der Waals surface area contributed by atoms with Crippen molar-refractivity contribution in [3.8, 4) is 0 Å². The molecule has 0 spiro atoms. The number of nitrogens with one attached hydrogen (secondary N) is 2. The first-order valence-corrected chi connectivity index (χ1v) is 9.15. The average Bonchev–Trinajstić information content (AvgIpc) is 2.70. The molecule has 0 radical (unpaired) electrons. The van der Waals surface area contributed by atoms with Crippen LogP contribution in [-0.4, -0.2) is 68.8 Å². The molecule has 7 nitrogen and oxygen atoms in total. The van der Waals surface area contributed by atoms with Gasteiger partial charge in [-0.2, -0.15) is 0 Å². The zero-order valence-electron chi connectivity index (χ0n) is 15.7. The molecule has 8 heteroatoms. The van der Waals surface area contributed by atoms with E-state index in [1.165, 1.54) is 0 Å². The molecule has 2 aliphatic rings. The second-order valence-corrected chi connectivity index (χ2v) is 6.77. The lowest BCUT2D eigenvalue weighted by molar-refractivity contribution is -0.140. The van der Waals surface area contributed by atoms with Crippen molar-refractivity contribution in [2.24, 2.45) is 0 Å². The summed E-state index contributed by atoms with van der Waals surface area (Å²) in [4.78, 5) is 26.8. The van der Waals surface area contributed by atoms with E-state index in [0.29, 0.717) is 51.3 Å². The number of hydrogen-bond donors (Lipinski definition) is 2. The molecule has 0 aliphatic carbocycles. The number of anilines is 1. The van der Waals surface area contributed by atoms with E-state index in [9.17, 15) is 9.59 Å². The number of carbonyl (C=O) groups is 2. The number of amides is 2. The SMILES string of the molecule is COC1(C(=O)Nc2ccc(CC(=O)N3CCOCC3)cc2)CCNCC1.Cl. The zero-order valence-corrected chi connectivity index (χ0v) is 16.5. The van der Waals surface area contributed by atoms with Crippen LogP contribution in [0.15, 0.2) is 24.3 Å². The highest BCUT2D eigenvalue weighted by Crippen LogP contribution is 2.24. The van der Waals surface area contributed by atoms with Gasteiger partial charge in [0.2, 0.25) is 5.91 Å². The van der Waals surface area contributed by atoms with Gasteiger partial charge in [0, 0.05) is 25.9 Å². The third-order valence-electron chi connectivity index (χ3n) is 5.15. The van der Waals surface area contributed by atoms with E-state index in [2.05, 4.69) is 10.6 Å². The van der Waals surface area contributed by atoms with Crippen molar-refractivity contribution in [3.63, 3.8) is 0 Å². The average molecular weight is 398 g/mol. The highest BCUT2D eigenvalue weighted by Gasteiger charge is 2.39. The van der Waals surface area contributed by atoms with Crippen LogP contribution in [0.25, 0.3) is 0 Å². The van der Waals surface area contributed by atoms with Gasteiger partial charge in [-0.1, -0.05) is 12.1 Å². The number of piperidine rings is 1. The number of rotatable bonds is 5. The van der Waals surface area contributed by atoms with Gasteiger partial charge in [-0.15, -0.1) is 12.4 Å². The van der Waals surface area contributed by atoms with E-state index in [4.69, 9.17) is 9.47 Å². The Morgan fingerprint density at radius 3 is 2.41 bits per heavy atom. The predicted octanol–water partition coefficient (Wildman–Crippen LogP) is 1.22. The van der Waals surface area contributed by atoms with Crippen LogP contribution in [0, 0.1) is 0 Å². The van der Waals surface area contributed by atoms with Crippen molar-refractivity contribution in [1.82, 2.24) is 10.2 Å². The molecule has 0 saturated carbocycles. The molecule has 150 valence electrons. The van der Waals surface area contributed by atoms with Gasteiger partial charge in [0.25, 0.3) is 5.91 Å². The van der Waals surface area contributed by atoms with Crippen LogP contribution in [0.1, 0.15) is 18.4 Å². The maximum absolute atomic E-state index is 12.7. The maximum Gasteiger partial charge on any atom is 0.256 e. The minimum absolute atomic E-state index is 0. The summed E-state index contributed by atoms with van der Waals surface area (Å²) in [7, 11) is 1.59. The highest BCUT2D eigenvalue weighted by molar-refractivity contribution is 5.97. The van der Waals surface area contributed by atoms with Crippen LogP contribution in [-0.2, 0) is 25.5 Å². The van der Waals surface area contributed by atoms with E-state index < -0.39 is 5.60 Å². The van der Waals surface area contributed by atoms with Gasteiger partial charge < -0.3 is 25.0 Å². The summed E-state index contributed by atoms with van der Waals surface area (Å²) in [6.07, 6.45) is 1.67. The van der Waals surface area contributed by atoms with E-state index in [1.807, 2.05) is 29.2 Å². The number of carbonyl (C=O) groups excluding carboxylic acids is 2. The Bertz CT molecular complexity index is 626. The van der Waals surface area contributed by atoms with E-state index in [1.54, 1.807) is 7.11 Å². The quantitative estimate of drug-likeness (QED) is 0.780. The van der Waals surface area contributed by atoms with Gasteiger partial charge in [-0.05, 0) is 43.6 Å². The van der Waals surface area contributed by atoms with Gasteiger partial charge in [0.1, 0.15) is 5.60 Å². The van der Waals surface area contributed by atoms with Crippen molar-refractivity contribution in [1.29, 1.82) is 0 Å². The van der Waals surface area contributed by atoms with Crippen LogP contribution < -0.4 is 10.6 Å². The first-order valence-electron chi connectivity index (χ1n) is 9.15. The first kappa shape index (κ1) is 21.6. The Kier molecular flexibility index (Phi) is 8.04. The Morgan fingerprint density at radius 2 is 1.81 bits per heavy atom. The smallest absolute Gasteiger partial charge is 0.256 e. The largest absolute Gasteiger partial charge is 0.378 e. The molecule has 27 heavy (non-hydrogen) atoms. The Labute approximate surface area is 166 Å². The number of methoxy groups -OCH3 is 1. The number of benzene rings is 1. The fourth-order valence-corrected chi connectivity index (χ4v) is 3.40. The second kappa shape index (κ2) is 10.0. The number of ether oxygens (including phenoxy) is 2. The molecular formula is C19H28ClN3O4. The highest BCUT2D eigenvalue weighted by atomic mass is 35.5. The molecule has 0 bridgehead atoms. The Morgan fingerprint density at radius 1 is 1.19 bits per heavy atom. The molecule has 0 unspecified atom stereocenters. The Hall–Kier alpha value is -1.67. The minimum atomic E-state index is -0.768. The molecule has 2 heterocycles. The molecule has 3 rings (SSSR count). The molecule has 2 N–H and O–H groups in total. The van der Waals surface area contributed by atoms with Gasteiger partial charge in [0.05, 0.1) is 19.6 Å². The van der Waals surface area contributed by atoms with Gasteiger partial charge in [0.15, 0.2) is 0 Å². The third-order valence-corrected chi connectivity index (χ3v) is 5.15. The topological polar surface area (TPSA) is 79.9 Å². The number of morpholine rings is 1. The first-order chi connectivity index (χ1) is 12.6. The van der Waals surface area contributed by atoms with Crippen molar-refractivity contribution < 1.29 is 19.1 Å². The Balaban J connectivity index is 0.00000261. The van der Waals surface area contributed by atoms with Crippen LogP contribution in [0.5, 0.6) is 0 Å². The summed E-state index contributed by atoms with van der Waals surface area (Å²) in [6.45, 7) is 4.05. The van der Waals surface area contributed by atoms with Crippen LogP contribution in [0.4, 0.5) is 5.69 Å². The molecule has 1 aromatic carbocycles.